The lowest BCUT2D eigenvalue weighted by molar-refractivity contribution is -0.384. The summed E-state index contributed by atoms with van der Waals surface area (Å²) < 4.78 is 5.41. The number of nitro benzene ring substituents is 1. The van der Waals surface area contributed by atoms with E-state index in [9.17, 15) is 14.9 Å². The predicted octanol–water partition coefficient (Wildman–Crippen LogP) is 2.49. The number of anilines is 1. The van der Waals surface area contributed by atoms with Crippen LogP contribution in [-0.4, -0.2) is 48.6 Å². The van der Waals surface area contributed by atoms with E-state index in [-0.39, 0.29) is 17.3 Å². The minimum absolute atomic E-state index is 0.109. The van der Waals surface area contributed by atoms with Crippen LogP contribution in [-0.2, 0) is 4.74 Å². The van der Waals surface area contributed by atoms with Crippen LogP contribution in [0.2, 0.25) is 0 Å². The molecule has 0 bridgehead atoms. The lowest BCUT2D eigenvalue weighted by atomic mass is 10.0. The highest BCUT2D eigenvalue weighted by atomic mass is 16.6. The zero-order valence-corrected chi connectivity index (χ0v) is 15.8. The minimum Gasteiger partial charge on any atom is -0.379 e. The van der Waals surface area contributed by atoms with E-state index in [0.29, 0.717) is 25.4 Å². The number of hydrogen-bond acceptors (Lipinski definition) is 6. The smallest absolute Gasteiger partial charge is 0.293 e. The van der Waals surface area contributed by atoms with Gasteiger partial charge in [-0.2, -0.15) is 0 Å². The first-order chi connectivity index (χ1) is 13.4. The van der Waals surface area contributed by atoms with Crippen molar-refractivity contribution in [1.29, 1.82) is 0 Å². The summed E-state index contributed by atoms with van der Waals surface area (Å²) in [6.45, 7) is 5.67. The molecule has 2 aromatic carbocycles. The Morgan fingerprint density at radius 2 is 1.93 bits per heavy atom. The number of amides is 1. The van der Waals surface area contributed by atoms with Crippen molar-refractivity contribution >= 4 is 17.3 Å². The van der Waals surface area contributed by atoms with Gasteiger partial charge < -0.3 is 15.8 Å². The van der Waals surface area contributed by atoms with Gasteiger partial charge in [0, 0.05) is 31.3 Å². The Balaban J connectivity index is 1.90. The fraction of sp³-hybridized carbons (Fsp3) is 0.350. The molecule has 1 unspecified atom stereocenters. The largest absolute Gasteiger partial charge is 0.379 e. The highest BCUT2D eigenvalue weighted by Crippen LogP contribution is 2.30. The number of nitrogens with zero attached hydrogens (tertiary/aromatic N) is 2. The van der Waals surface area contributed by atoms with Crippen molar-refractivity contribution in [2.75, 3.05) is 38.2 Å². The number of nitrogens with two attached hydrogens (primary N) is 1. The Morgan fingerprint density at radius 1 is 1.25 bits per heavy atom. The van der Waals surface area contributed by atoms with Crippen molar-refractivity contribution < 1.29 is 14.5 Å². The van der Waals surface area contributed by atoms with Crippen molar-refractivity contribution in [2.45, 2.75) is 13.0 Å². The Hall–Kier alpha value is -2.97. The van der Waals surface area contributed by atoms with E-state index in [2.05, 4.69) is 10.2 Å². The summed E-state index contributed by atoms with van der Waals surface area (Å²) in [6.07, 6.45) is 0. The number of rotatable bonds is 7. The number of carbonyl (C=O) groups is 1. The third kappa shape index (κ3) is 4.85. The number of ether oxygens (including phenoxy) is 1. The summed E-state index contributed by atoms with van der Waals surface area (Å²) in [5.74, 6) is -0.696. The van der Waals surface area contributed by atoms with Crippen LogP contribution >= 0.6 is 0 Å². The lowest BCUT2D eigenvalue weighted by Gasteiger charge is -2.31. The van der Waals surface area contributed by atoms with E-state index in [1.807, 2.05) is 31.2 Å². The molecule has 1 heterocycles. The SMILES string of the molecule is Cc1ccc(C(CN2CCOCC2)Nc2ccc(C(N)=O)cc2[N+](=O)[O-])cc1. The third-order valence-electron chi connectivity index (χ3n) is 4.83. The number of aryl methyl sites for hydroxylation is 1. The molecule has 2 aromatic rings. The predicted molar refractivity (Wildman–Crippen MR) is 106 cm³/mol. The molecule has 0 saturated carbocycles. The molecule has 1 amide bonds. The Kier molecular flexibility index (Phi) is 6.23. The summed E-state index contributed by atoms with van der Waals surface area (Å²) in [7, 11) is 0. The van der Waals surface area contributed by atoms with Gasteiger partial charge in [-0.1, -0.05) is 29.8 Å². The zero-order valence-electron chi connectivity index (χ0n) is 15.8. The maximum Gasteiger partial charge on any atom is 0.293 e. The van der Waals surface area contributed by atoms with Crippen LogP contribution in [0.5, 0.6) is 0 Å². The average molecular weight is 384 g/mol. The Labute approximate surface area is 163 Å². The quantitative estimate of drug-likeness (QED) is 0.560. The van der Waals surface area contributed by atoms with Gasteiger partial charge in [-0.05, 0) is 24.6 Å². The summed E-state index contributed by atoms with van der Waals surface area (Å²) >= 11 is 0. The van der Waals surface area contributed by atoms with E-state index in [1.54, 1.807) is 6.07 Å². The highest BCUT2D eigenvalue weighted by molar-refractivity contribution is 5.94. The normalized spacial score (nSPS) is 15.8. The van der Waals surface area contributed by atoms with Crippen LogP contribution in [0.15, 0.2) is 42.5 Å². The molecule has 1 atom stereocenters. The van der Waals surface area contributed by atoms with Crippen LogP contribution in [0, 0.1) is 17.0 Å². The molecule has 1 fully saturated rings. The van der Waals surface area contributed by atoms with Gasteiger partial charge in [0.2, 0.25) is 5.91 Å². The molecule has 1 saturated heterocycles. The summed E-state index contributed by atoms with van der Waals surface area (Å²) in [4.78, 5) is 24.7. The first-order valence-electron chi connectivity index (χ1n) is 9.15. The minimum atomic E-state index is -0.696. The molecule has 0 aromatic heterocycles. The summed E-state index contributed by atoms with van der Waals surface area (Å²) in [6, 6.07) is 12.2. The molecule has 1 aliphatic rings. The van der Waals surface area contributed by atoms with Crippen molar-refractivity contribution in [2.24, 2.45) is 5.73 Å². The molecule has 3 rings (SSSR count). The number of nitro groups is 1. The van der Waals surface area contributed by atoms with E-state index in [1.165, 1.54) is 12.1 Å². The molecule has 0 spiro atoms. The monoisotopic (exact) mass is 384 g/mol. The van der Waals surface area contributed by atoms with E-state index >= 15 is 0 Å². The van der Waals surface area contributed by atoms with E-state index in [0.717, 1.165) is 24.2 Å². The number of nitrogens with one attached hydrogen (secondary N) is 1. The molecular weight excluding hydrogens is 360 g/mol. The highest BCUT2D eigenvalue weighted by Gasteiger charge is 2.23. The van der Waals surface area contributed by atoms with Crippen molar-refractivity contribution in [3.8, 4) is 0 Å². The second-order valence-electron chi connectivity index (χ2n) is 6.87. The zero-order chi connectivity index (χ0) is 20.1. The molecule has 148 valence electrons. The number of benzene rings is 2. The van der Waals surface area contributed by atoms with Gasteiger partial charge in [0.05, 0.1) is 24.2 Å². The fourth-order valence-corrected chi connectivity index (χ4v) is 3.22. The third-order valence-corrected chi connectivity index (χ3v) is 4.83. The maximum absolute atomic E-state index is 11.5. The van der Waals surface area contributed by atoms with Crippen molar-refractivity contribution in [3.63, 3.8) is 0 Å². The molecule has 0 aliphatic carbocycles. The summed E-state index contributed by atoms with van der Waals surface area (Å²) in [5.41, 5.74) is 7.73. The van der Waals surface area contributed by atoms with Gasteiger partial charge in [0.1, 0.15) is 5.69 Å². The molecule has 0 radical (unpaired) electrons. The Bertz CT molecular complexity index is 848. The van der Waals surface area contributed by atoms with Gasteiger partial charge in [-0.25, -0.2) is 0 Å². The van der Waals surface area contributed by atoms with Gasteiger partial charge in [0.25, 0.3) is 5.69 Å². The van der Waals surface area contributed by atoms with Crippen molar-refractivity contribution in [1.82, 2.24) is 4.90 Å². The van der Waals surface area contributed by atoms with Crippen molar-refractivity contribution in [3.05, 3.63) is 69.3 Å². The van der Waals surface area contributed by atoms with Crippen LogP contribution in [0.3, 0.4) is 0 Å². The molecular formula is C20H24N4O4. The van der Waals surface area contributed by atoms with E-state index in [4.69, 9.17) is 10.5 Å². The van der Waals surface area contributed by atoms with Gasteiger partial charge >= 0.3 is 0 Å². The second kappa shape index (κ2) is 8.81. The molecule has 8 heteroatoms. The molecule has 1 aliphatic heterocycles. The van der Waals surface area contributed by atoms with Gasteiger partial charge in [0.15, 0.2) is 0 Å². The fourth-order valence-electron chi connectivity index (χ4n) is 3.22. The molecule has 3 N–H and O–H groups in total. The number of primary amides is 1. The van der Waals surface area contributed by atoms with E-state index < -0.39 is 10.8 Å². The standard InChI is InChI=1S/C20H24N4O4/c1-14-2-4-15(5-3-14)18(13-23-8-10-28-11-9-23)22-17-7-6-16(20(21)25)12-19(17)24(26)27/h2-7,12,18,22H,8-11,13H2,1H3,(H2,21,25). The second-order valence-corrected chi connectivity index (χ2v) is 6.87. The number of morpholine rings is 1. The van der Waals surface area contributed by atoms with Crippen LogP contribution in [0.1, 0.15) is 27.5 Å². The number of hydrogen-bond donors (Lipinski definition) is 2. The molecule has 28 heavy (non-hydrogen) atoms. The maximum atomic E-state index is 11.5. The van der Waals surface area contributed by atoms with Gasteiger partial charge in [-0.3, -0.25) is 19.8 Å². The summed E-state index contributed by atoms with van der Waals surface area (Å²) in [5, 5.41) is 14.8. The number of carbonyl (C=O) groups excluding carboxylic acids is 1. The molecule has 8 nitrogen and oxygen atoms in total. The lowest BCUT2D eigenvalue weighted by Crippen LogP contribution is -2.40. The topological polar surface area (TPSA) is 111 Å². The Morgan fingerprint density at radius 3 is 2.54 bits per heavy atom. The van der Waals surface area contributed by atoms with Crippen LogP contribution in [0.25, 0.3) is 0 Å². The first-order valence-corrected chi connectivity index (χ1v) is 9.15. The first kappa shape index (κ1) is 19.8. The van der Waals surface area contributed by atoms with Crippen LogP contribution < -0.4 is 11.1 Å². The van der Waals surface area contributed by atoms with Crippen LogP contribution in [0.4, 0.5) is 11.4 Å². The average Bonchev–Trinajstić information content (AvgIpc) is 2.69. The van der Waals surface area contributed by atoms with Gasteiger partial charge in [-0.15, -0.1) is 0 Å².